The van der Waals surface area contributed by atoms with E-state index in [9.17, 15) is 13.6 Å². The summed E-state index contributed by atoms with van der Waals surface area (Å²) < 4.78 is 32.7. The molecule has 0 amide bonds. The molecular weight excluding hydrogens is 230 g/mol. The molecule has 0 aliphatic heterocycles. The minimum Gasteiger partial charge on any atom is -0.456 e. The molecule has 5 heteroatoms. The lowest BCUT2D eigenvalue weighted by Crippen LogP contribution is -2.02. The number of carbonyl (C=O) groups is 1. The summed E-state index contributed by atoms with van der Waals surface area (Å²) in [7, 11) is 0. The molecule has 1 aromatic rings. The van der Waals surface area contributed by atoms with Crippen LogP contribution in [0.2, 0.25) is 0 Å². The van der Waals surface area contributed by atoms with Crippen molar-refractivity contribution < 1.29 is 23.0 Å². The van der Waals surface area contributed by atoms with Gasteiger partial charge in [-0.1, -0.05) is 12.0 Å². The number of benzene rings is 1. The minimum absolute atomic E-state index is 0.00402. The Morgan fingerprint density at radius 2 is 2.24 bits per heavy atom. The molecule has 0 radical (unpaired) electrons. The topological polar surface area (TPSA) is 35.5 Å². The summed E-state index contributed by atoms with van der Waals surface area (Å²) in [6.45, 7) is -0.984. The summed E-state index contributed by atoms with van der Waals surface area (Å²) in [6.07, 6.45) is 0. The molecule has 1 aromatic carbocycles. The first-order valence-electron chi connectivity index (χ1n) is 4.85. The molecule has 17 heavy (non-hydrogen) atoms. The maximum Gasteiger partial charge on any atom is 0.387 e. The standard InChI is InChI=1S/C12H10F2O3/c1-2-16-11(15)7-6-9-4-3-5-10(8-9)17-12(13)14/h3-5,8,12H,2H2,1H3. The van der Waals surface area contributed by atoms with Crippen LogP contribution >= 0.6 is 0 Å². The van der Waals surface area contributed by atoms with Crippen LogP contribution in [0.25, 0.3) is 0 Å². The molecule has 0 heterocycles. The molecule has 0 unspecified atom stereocenters. The van der Waals surface area contributed by atoms with Crippen molar-refractivity contribution in [2.24, 2.45) is 0 Å². The van der Waals surface area contributed by atoms with Crippen molar-refractivity contribution in [1.29, 1.82) is 0 Å². The van der Waals surface area contributed by atoms with Crippen molar-refractivity contribution in [3.8, 4) is 17.6 Å². The van der Waals surface area contributed by atoms with Gasteiger partial charge in [-0.3, -0.25) is 0 Å². The minimum atomic E-state index is -2.89. The van der Waals surface area contributed by atoms with Gasteiger partial charge in [0.2, 0.25) is 0 Å². The third kappa shape index (κ3) is 4.98. The number of hydrogen-bond acceptors (Lipinski definition) is 3. The molecule has 0 saturated heterocycles. The van der Waals surface area contributed by atoms with Crippen LogP contribution < -0.4 is 4.74 Å². The van der Waals surface area contributed by atoms with E-state index < -0.39 is 12.6 Å². The average molecular weight is 240 g/mol. The third-order valence-electron chi connectivity index (χ3n) is 1.64. The maximum absolute atomic E-state index is 11.9. The highest BCUT2D eigenvalue weighted by Crippen LogP contribution is 2.15. The normalized spacial score (nSPS) is 9.41. The van der Waals surface area contributed by atoms with E-state index in [4.69, 9.17) is 0 Å². The van der Waals surface area contributed by atoms with E-state index >= 15 is 0 Å². The number of esters is 1. The Morgan fingerprint density at radius 1 is 1.47 bits per heavy atom. The summed E-state index contributed by atoms with van der Waals surface area (Å²) in [5.74, 6) is 4.06. The second-order valence-electron chi connectivity index (χ2n) is 2.88. The van der Waals surface area contributed by atoms with Crippen LogP contribution in [0.5, 0.6) is 5.75 Å². The fourth-order valence-corrected chi connectivity index (χ4v) is 1.04. The van der Waals surface area contributed by atoms with Gasteiger partial charge in [0.25, 0.3) is 0 Å². The lowest BCUT2D eigenvalue weighted by molar-refractivity contribution is -0.136. The van der Waals surface area contributed by atoms with Gasteiger partial charge in [-0.2, -0.15) is 8.78 Å². The van der Waals surface area contributed by atoms with Gasteiger partial charge in [0.1, 0.15) is 5.75 Å². The van der Waals surface area contributed by atoms with Crippen LogP contribution in [-0.4, -0.2) is 19.2 Å². The van der Waals surface area contributed by atoms with Gasteiger partial charge in [-0.05, 0) is 25.1 Å². The van der Waals surface area contributed by atoms with Crippen LogP contribution in [0.15, 0.2) is 24.3 Å². The first-order chi connectivity index (χ1) is 8.11. The number of halogens is 2. The van der Waals surface area contributed by atoms with Crippen LogP contribution in [0, 0.1) is 11.8 Å². The zero-order valence-electron chi connectivity index (χ0n) is 9.07. The molecule has 0 saturated carbocycles. The Labute approximate surface area is 97.3 Å². The lowest BCUT2D eigenvalue weighted by Gasteiger charge is -2.03. The van der Waals surface area contributed by atoms with E-state index in [-0.39, 0.29) is 12.4 Å². The molecular formula is C12H10F2O3. The van der Waals surface area contributed by atoms with Crippen molar-refractivity contribution in [3.05, 3.63) is 29.8 Å². The van der Waals surface area contributed by atoms with Gasteiger partial charge < -0.3 is 9.47 Å². The Balaban J connectivity index is 2.74. The van der Waals surface area contributed by atoms with Gasteiger partial charge in [0.15, 0.2) is 0 Å². The van der Waals surface area contributed by atoms with E-state index in [0.29, 0.717) is 5.56 Å². The smallest absolute Gasteiger partial charge is 0.387 e. The molecule has 0 atom stereocenters. The molecule has 90 valence electrons. The molecule has 0 aliphatic carbocycles. The Morgan fingerprint density at radius 3 is 2.88 bits per heavy atom. The van der Waals surface area contributed by atoms with Gasteiger partial charge in [0.05, 0.1) is 6.61 Å². The molecule has 1 rings (SSSR count). The number of alkyl halides is 2. The Kier molecular flexibility index (Phi) is 4.95. The van der Waals surface area contributed by atoms with E-state index in [2.05, 4.69) is 21.3 Å². The predicted molar refractivity (Wildman–Crippen MR) is 56.6 cm³/mol. The molecule has 0 aromatic heterocycles. The first-order valence-corrected chi connectivity index (χ1v) is 4.85. The molecule has 0 aliphatic rings. The summed E-state index contributed by atoms with van der Waals surface area (Å²) in [5.41, 5.74) is 0.399. The highest BCUT2D eigenvalue weighted by molar-refractivity contribution is 5.89. The zero-order valence-corrected chi connectivity index (χ0v) is 9.07. The second kappa shape index (κ2) is 6.48. The SMILES string of the molecule is CCOC(=O)C#Cc1cccc(OC(F)F)c1. The van der Waals surface area contributed by atoms with E-state index in [1.54, 1.807) is 13.0 Å². The summed E-state index contributed by atoms with van der Waals surface area (Å²) in [6, 6.07) is 5.78. The van der Waals surface area contributed by atoms with Crippen molar-refractivity contribution in [3.63, 3.8) is 0 Å². The maximum atomic E-state index is 11.9. The molecule has 0 spiro atoms. The van der Waals surface area contributed by atoms with E-state index in [0.717, 1.165) is 0 Å². The zero-order chi connectivity index (χ0) is 12.7. The van der Waals surface area contributed by atoms with Crippen LogP contribution in [-0.2, 0) is 9.53 Å². The first kappa shape index (κ1) is 13.0. The van der Waals surface area contributed by atoms with Gasteiger partial charge in [0, 0.05) is 11.5 Å². The largest absolute Gasteiger partial charge is 0.456 e. The van der Waals surface area contributed by atoms with Gasteiger partial charge in [-0.15, -0.1) is 0 Å². The molecule has 0 fully saturated rings. The molecule has 0 N–H and O–H groups in total. The summed E-state index contributed by atoms with van der Waals surface area (Å²) >= 11 is 0. The van der Waals surface area contributed by atoms with Crippen molar-refractivity contribution in [2.75, 3.05) is 6.61 Å². The van der Waals surface area contributed by atoms with Crippen molar-refractivity contribution >= 4 is 5.97 Å². The third-order valence-corrected chi connectivity index (χ3v) is 1.64. The van der Waals surface area contributed by atoms with Gasteiger partial charge in [-0.25, -0.2) is 4.79 Å². The van der Waals surface area contributed by atoms with Crippen LogP contribution in [0.3, 0.4) is 0 Å². The average Bonchev–Trinajstić information content (AvgIpc) is 2.26. The number of hydrogen-bond donors (Lipinski definition) is 0. The highest BCUT2D eigenvalue weighted by atomic mass is 19.3. The monoisotopic (exact) mass is 240 g/mol. The second-order valence-corrected chi connectivity index (χ2v) is 2.88. The molecule has 0 bridgehead atoms. The van der Waals surface area contributed by atoms with E-state index in [1.807, 2.05) is 0 Å². The fraction of sp³-hybridized carbons (Fsp3) is 0.250. The summed E-state index contributed by atoms with van der Waals surface area (Å²) in [5, 5.41) is 0. The number of rotatable bonds is 3. The van der Waals surface area contributed by atoms with Crippen molar-refractivity contribution in [2.45, 2.75) is 13.5 Å². The number of ether oxygens (including phenoxy) is 2. The Bertz CT molecular complexity index is 447. The Hall–Kier alpha value is -2.09. The van der Waals surface area contributed by atoms with Crippen molar-refractivity contribution in [1.82, 2.24) is 0 Å². The van der Waals surface area contributed by atoms with E-state index in [1.165, 1.54) is 18.2 Å². The lowest BCUT2D eigenvalue weighted by atomic mass is 10.2. The van der Waals surface area contributed by atoms with Crippen LogP contribution in [0.1, 0.15) is 12.5 Å². The number of carbonyl (C=O) groups excluding carboxylic acids is 1. The fourth-order valence-electron chi connectivity index (χ4n) is 1.04. The highest BCUT2D eigenvalue weighted by Gasteiger charge is 2.03. The summed E-state index contributed by atoms with van der Waals surface area (Å²) in [4.78, 5) is 10.9. The van der Waals surface area contributed by atoms with Gasteiger partial charge >= 0.3 is 12.6 Å². The van der Waals surface area contributed by atoms with Crippen LogP contribution in [0.4, 0.5) is 8.78 Å². The molecule has 3 nitrogen and oxygen atoms in total. The predicted octanol–water partition coefficient (Wildman–Crippen LogP) is 2.20. The quantitative estimate of drug-likeness (QED) is 0.600.